The first-order valence-corrected chi connectivity index (χ1v) is 10.7. The lowest BCUT2D eigenvalue weighted by atomic mass is 9.82. The molecule has 0 spiro atoms. The molecule has 1 heterocycles. The first-order valence-electron chi connectivity index (χ1n) is 10.3. The van der Waals surface area contributed by atoms with E-state index in [0.29, 0.717) is 24.6 Å². The summed E-state index contributed by atoms with van der Waals surface area (Å²) in [6.07, 6.45) is 0.191. The van der Waals surface area contributed by atoms with Crippen LogP contribution in [0.25, 0.3) is 0 Å². The Hall–Kier alpha value is -2.31. The van der Waals surface area contributed by atoms with Crippen LogP contribution in [0.5, 0.6) is 0 Å². The van der Waals surface area contributed by atoms with Gasteiger partial charge in [0.1, 0.15) is 23.3 Å². The van der Waals surface area contributed by atoms with Crippen molar-refractivity contribution >= 4 is 11.6 Å². The van der Waals surface area contributed by atoms with E-state index < -0.39 is 23.3 Å². The zero-order valence-corrected chi connectivity index (χ0v) is 17.7. The fourth-order valence-corrected chi connectivity index (χ4v) is 4.10. The number of halogens is 3. The fraction of sp³-hybridized carbons (Fsp3) is 0.280. The number of hydrogen-bond acceptors (Lipinski definition) is 3. The van der Waals surface area contributed by atoms with E-state index in [1.54, 1.807) is 0 Å². The smallest absolute Gasteiger partial charge is 0.131 e. The van der Waals surface area contributed by atoms with Crippen LogP contribution in [0, 0.1) is 11.6 Å². The van der Waals surface area contributed by atoms with Crippen LogP contribution in [0.1, 0.15) is 23.1 Å². The Morgan fingerprint density at radius 2 is 1.61 bits per heavy atom. The van der Waals surface area contributed by atoms with E-state index in [0.717, 1.165) is 17.7 Å². The molecule has 0 aliphatic carbocycles. The Morgan fingerprint density at radius 3 is 2.32 bits per heavy atom. The van der Waals surface area contributed by atoms with Gasteiger partial charge in [-0.2, -0.15) is 0 Å². The highest BCUT2D eigenvalue weighted by Gasteiger charge is 2.44. The summed E-state index contributed by atoms with van der Waals surface area (Å²) in [5.74, 6) is -1.24. The van der Waals surface area contributed by atoms with Gasteiger partial charge in [-0.1, -0.05) is 60.1 Å². The topological polar surface area (TPSA) is 30.5 Å². The molecule has 1 aliphatic rings. The van der Waals surface area contributed by atoms with Crippen LogP contribution in [0.4, 0.5) is 8.78 Å². The second-order valence-corrected chi connectivity index (χ2v) is 8.06. The molecule has 3 aromatic carbocycles. The Bertz CT molecular complexity index is 980. The predicted octanol–water partition coefficient (Wildman–Crippen LogP) is 5.61. The van der Waals surface area contributed by atoms with Gasteiger partial charge >= 0.3 is 0 Å². The first kappa shape index (κ1) is 21.9. The van der Waals surface area contributed by atoms with Crippen LogP contribution in [-0.2, 0) is 28.3 Å². The van der Waals surface area contributed by atoms with Gasteiger partial charge in [0, 0.05) is 17.1 Å². The molecule has 1 N–H and O–H groups in total. The number of piperidine rings is 1. The van der Waals surface area contributed by atoms with Gasteiger partial charge in [0.2, 0.25) is 0 Å². The van der Waals surface area contributed by atoms with Crippen molar-refractivity contribution in [3.63, 3.8) is 0 Å². The molecule has 0 radical (unpaired) electrons. The predicted molar refractivity (Wildman–Crippen MR) is 117 cm³/mol. The molecule has 0 amide bonds. The molecule has 162 valence electrons. The van der Waals surface area contributed by atoms with Gasteiger partial charge in [0.05, 0.1) is 13.2 Å². The maximum Gasteiger partial charge on any atom is 0.131 e. The van der Waals surface area contributed by atoms with Crippen molar-refractivity contribution in [2.75, 3.05) is 13.1 Å². The van der Waals surface area contributed by atoms with Crippen molar-refractivity contribution in [3.05, 3.63) is 106 Å². The lowest BCUT2D eigenvalue weighted by Crippen LogP contribution is -2.54. The minimum Gasteiger partial charge on any atom is -0.369 e. The largest absolute Gasteiger partial charge is 0.369 e. The maximum absolute atomic E-state index is 14.2. The van der Waals surface area contributed by atoms with Crippen LogP contribution in [0.3, 0.4) is 0 Å². The van der Waals surface area contributed by atoms with Gasteiger partial charge in [-0.3, -0.25) is 0 Å². The molecule has 0 unspecified atom stereocenters. The third kappa shape index (κ3) is 4.96. The van der Waals surface area contributed by atoms with Gasteiger partial charge in [-0.15, -0.1) is 0 Å². The fourth-order valence-electron chi connectivity index (χ4n) is 3.98. The highest BCUT2D eigenvalue weighted by Crippen LogP contribution is 2.38. The summed E-state index contributed by atoms with van der Waals surface area (Å²) in [7, 11) is 0. The minimum absolute atomic E-state index is 0.0823. The molecule has 2 atom stereocenters. The molecular weight excluding hydrogens is 420 g/mol. The van der Waals surface area contributed by atoms with E-state index in [1.807, 2.05) is 54.6 Å². The quantitative estimate of drug-likeness (QED) is 0.515. The van der Waals surface area contributed by atoms with E-state index in [2.05, 4.69) is 5.32 Å². The molecule has 3 aromatic rings. The standard InChI is InChI=1S/C25H24ClF2NO2/c26-20-11-9-19(10-12-20)25(31-16-18-5-2-1-3-6-18)13-14-29-15-24(25)30-17-21-22(27)7-4-8-23(21)28/h1-12,24,29H,13-17H2/t24-,25-/m0/s1. The molecule has 1 saturated heterocycles. The summed E-state index contributed by atoms with van der Waals surface area (Å²) in [6, 6.07) is 21.2. The summed E-state index contributed by atoms with van der Waals surface area (Å²) in [5.41, 5.74) is 1.09. The lowest BCUT2D eigenvalue weighted by molar-refractivity contribution is -0.177. The summed E-state index contributed by atoms with van der Waals surface area (Å²) >= 11 is 6.11. The van der Waals surface area contributed by atoms with Crippen LogP contribution in [-0.4, -0.2) is 19.2 Å². The monoisotopic (exact) mass is 443 g/mol. The van der Waals surface area contributed by atoms with Crippen molar-refractivity contribution < 1.29 is 18.3 Å². The summed E-state index contributed by atoms with van der Waals surface area (Å²) in [6.45, 7) is 1.42. The molecule has 1 fully saturated rings. The SMILES string of the molecule is Fc1cccc(F)c1CO[C@H]1CNCC[C@]1(OCc1ccccc1)c1ccc(Cl)cc1. The zero-order valence-electron chi connectivity index (χ0n) is 17.0. The third-order valence-corrected chi connectivity index (χ3v) is 5.94. The van der Waals surface area contributed by atoms with Crippen LogP contribution >= 0.6 is 11.6 Å². The van der Waals surface area contributed by atoms with Gasteiger partial charge in [0.15, 0.2) is 0 Å². The maximum atomic E-state index is 14.2. The first-order chi connectivity index (χ1) is 15.1. The highest BCUT2D eigenvalue weighted by atomic mass is 35.5. The van der Waals surface area contributed by atoms with Crippen molar-refractivity contribution in [1.29, 1.82) is 0 Å². The van der Waals surface area contributed by atoms with Gasteiger partial charge < -0.3 is 14.8 Å². The molecular formula is C25H24ClF2NO2. The Kier molecular flexibility index (Phi) is 6.98. The number of rotatable bonds is 7. The van der Waals surface area contributed by atoms with E-state index >= 15 is 0 Å². The molecule has 3 nitrogen and oxygen atoms in total. The molecule has 1 aliphatic heterocycles. The second kappa shape index (κ2) is 9.88. The summed E-state index contributed by atoms with van der Waals surface area (Å²) < 4.78 is 41.0. The summed E-state index contributed by atoms with van der Waals surface area (Å²) in [4.78, 5) is 0. The van der Waals surface area contributed by atoms with Gasteiger partial charge in [-0.25, -0.2) is 8.78 Å². The normalized spacial score (nSPS) is 21.2. The number of nitrogens with one attached hydrogen (secondary N) is 1. The van der Waals surface area contributed by atoms with Crippen molar-refractivity contribution in [1.82, 2.24) is 5.32 Å². The highest BCUT2D eigenvalue weighted by molar-refractivity contribution is 6.30. The molecule has 31 heavy (non-hydrogen) atoms. The van der Waals surface area contributed by atoms with Crippen molar-refractivity contribution in [3.8, 4) is 0 Å². The van der Waals surface area contributed by atoms with E-state index in [1.165, 1.54) is 18.2 Å². The van der Waals surface area contributed by atoms with Crippen molar-refractivity contribution in [2.24, 2.45) is 0 Å². The molecule has 0 bridgehead atoms. The Morgan fingerprint density at radius 1 is 0.903 bits per heavy atom. The van der Waals surface area contributed by atoms with E-state index in [-0.39, 0.29) is 12.2 Å². The molecule has 0 saturated carbocycles. The molecule has 6 heteroatoms. The second-order valence-electron chi connectivity index (χ2n) is 7.62. The number of benzene rings is 3. The summed E-state index contributed by atoms with van der Waals surface area (Å²) in [5, 5.41) is 3.94. The average molecular weight is 444 g/mol. The average Bonchev–Trinajstić information content (AvgIpc) is 2.79. The molecule has 4 rings (SSSR count). The Balaban J connectivity index is 1.63. The lowest BCUT2D eigenvalue weighted by Gasteiger charge is -2.44. The van der Waals surface area contributed by atoms with Crippen LogP contribution in [0.15, 0.2) is 72.8 Å². The number of hydrogen-bond donors (Lipinski definition) is 1. The van der Waals surface area contributed by atoms with E-state index in [9.17, 15) is 8.78 Å². The van der Waals surface area contributed by atoms with Gasteiger partial charge in [0.25, 0.3) is 0 Å². The third-order valence-electron chi connectivity index (χ3n) is 5.69. The number of ether oxygens (including phenoxy) is 2. The minimum atomic E-state index is -0.784. The Labute approximate surface area is 186 Å². The molecule has 0 aromatic heterocycles. The van der Waals surface area contributed by atoms with Crippen LogP contribution < -0.4 is 5.32 Å². The van der Waals surface area contributed by atoms with Crippen LogP contribution in [0.2, 0.25) is 5.02 Å². The van der Waals surface area contributed by atoms with Crippen molar-refractivity contribution in [2.45, 2.75) is 31.3 Å². The van der Waals surface area contributed by atoms with E-state index in [4.69, 9.17) is 21.1 Å². The zero-order chi connectivity index (χ0) is 21.7. The van der Waals surface area contributed by atoms with Gasteiger partial charge in [-0.05, 0) is 48.4 Å².